The minimum atomic E-state index is 0.822. The molecule has 0 amide bonds. The Balaban J connectivity index is 1.71. The van der Waals surface area contributed by atoms with Crippen LogP contribution in [0.25, 0.3) is 0 Å². The molecule has 2 aliphatic carbocycles. The zero-order valence-corrected chi connectivity index (χ0v) is 10.8. The minimum Gasteiger partial charge on any atom is -0.314 e. The summed E-state index contributed by atoms with van der Waals surface area (Å²) in [4.78, 5) is 0. The fourth-order valence-electron chi connectivity index (χ4n) is 3.04. The van der Waals surface area contributed by atoms with E-state index in [1.807, 2.05) is 0 Å². The van der Waals surface area contributed by atoms with E-state index in [9.17, 15) is 0 Å². The number of nitrogens with one attached hydrogen (secondary N) is 1. The second-order valence-electron chi connectivity index (χ2n) is 5.09. The lowest BCUT2D eigenvalue weighted by Crippen LogP contribution is -2.35. The molecule has 0 aliphatic heterocycles. The van der Waals surface area contributed by atoms with Gasteiger partial charge < -0.3 is 5.32 Å². The van der Waals surface area contributed by atoms with Gasteiger partial charge in [-0.25, -0.2) is 0 Å². The van der Waals surface area contributed by atoms with Crippen molar-refractivity contribution in [2.24, 2.45) is 0 Å². The van der Waals surface area contributed by atoms with Gasteiger partial charge in [-0.2, -0.15) is 11.8 Å². The number of hydrogen-bond acceptors (Lipinski definition) is 2. The Morgan fingerprint density at radius 2 is 1.73 bits per heavy atom. The molecule has 2 fully saturated rings. The maximum Gasteiger partial charge on any atom is 0.00774 e. The van der Waals surface area contributed by atoms with Gasteiger partial charge in [0, 0.05) is 16.5 Å². The third kappa shape index (κ3) is 3.67. The van der Waals surface area contributed by atoms with Gasteiger partial charge in [0.05, 0.1) is 0 Å². The Morgan fingerprint density at radius 1 is 1.00 bits per heavy atom. The van der Waals surface area contributed by atoms with Crippen LogP contribution in [0.2, 0.25) is 0 Å². The molecule has 0 aromatic heterocycles. The molecular formula is C13H25NS. The lowest BCUT2D eigenvalue weighted by molar-refractivity contribution is 0.387. The second-order valence-corrected chi connectivity index (χ2v) is 6.69. The molecule has 2 heteroatoms. The van der Waals surface area contributed by atoms with Gasteiger partial charge in [-0.1, -0.05) is 26.2 Å². The summed E-state index contributed by atoms with van der Waals surface area (Å²) in [5.74, 6) is 0. The standard InChI is InChI=1S/C13H25NS/c1-2-14-11-6-5-9-13(10-11)15-12-7-3-4-8-12/h11-14H,2-10H2,1H3. The van der Waals surface area contributed by atoms with Gasteiger partial charge in [0.2, 0.25) is 0 Å². The highest BCUT2D eigenvalue weighted by atomic mass is 32.2. The van der Waals surface area contributed by atoms with Crippen LogP contribution in [-0.4, -0.2) is 23.1 Å². The van der Waals surface area contributed by atoms with Gasteiger partial charge in [0.1, 0.15) is 0 Å². The van der Waals surface area contributed by atoms with Crippen LogP contribution in [0.3, 0.4) is 0 Å². The molecule has 2 saturated carbocycles. The van der Waals surface area contributed by atoms with E-state index in [4.69, 9.17) is 0 Å². The number of rotatable bonds is 4. The van der Waals surface area contributed by atoms with Crippen molar-refractivity contribution in [3.8, 4) is 0 Å². The van der Waals surface area contributed by atoms with Crippen molar-refractivity contribution in [1.82, 2.24) is 5.32 Å². The van der Waals surface area contributed by atoms with E-state index in [0.717, 1.165) is 23.1 Å². The number of hydrogen-bond donors (Lipinski definition) is 1. The lowest BCUT2D eigenvalue weighted by atomic mass is 9.95. The largest absolute Gasteiger partial charge is 0.314 e. The van der Waals surface area contributed by atoms with E-state index in [2.05, 4.69) is 24.0 Å². The molecule has 0 bridgehead atoms. The zero-order valence-electron chi connectivity index (χ0n) is 10.0. The molecule has 15 heavy (non-hydrogen) atoms. The maximum absolute atomic E-state index is 3.63. The smallest absolute Gasteiger partial charge is 0.00774 e. The topological polar surface area (TPSA) is 12.0 Å². The molecule has 1 N–H and O–H groups in total. The van der Waals surface area contributed by atoms with E-state index in [0.29, 0.717) is 0 Å². The summed E-state index contributed by atoms with van der Waals surface area (Å²) in [6.45, 7) is 3.37. The molecule has 2 aliphatic rings. The summed E-state index contributed by atoms with van der Waals surface area (Å²) in [6, 6.07) is 0.822. The van der Waals surface area contributed by atoms with Gasteiger partial charge in [0.25, 0.3) is 0 Å². The molecule has 0 heterocycles. The molecular weight excluding hydrogens is 202 g/mol. The van der Waals surface area contributed by atoms with Crippen LogP contribution in [0.1, 0.15) is 58.3 Å². The minimum absolute atomic E-state index is 0.822. The Kier molecular flexibility index (Phi) is 4.83. The Morgan fingerprint density at radius 3 is 2.47 bits per heavy atom. The van der Waals surface area contributed by atoms with Crippen LogP contribution < -0.4 is 5.32 Å². The van der Waals surface area contributed by atoms with E-state index < -0.39 is 0 Å². The van der Waals surface area contributed by atoms with Crippen LogP contribution in [0.4, 0.5) is 0 Å². The first-order valence-corrected chi connectivity index (χ1v) is 7.71. The van der Waals surface area contributed by atoms with Crippen molar-refractivity contribution >= 4 is 11.8 Å². The van der Waals surface area contributed by atoms with Crippen molar-refractivity contribution in [2.45, 2.75) is 74.8 Å². The maximum atomic E-state index is 3.63. The first-order chi connectivity index (χ1) is 7.38. The molecule has 2 rings (SSSR count). The van der Waals surface area contributed by atoms with Gasteiger partial charge in [-0.3, -0.25) is 0 Å². The monoisotopic (exact) mass is 227 g/mol. The van der Waals surface area contributed by atoms with Crippen molar-refractivity contribution in [3.63, 3.8) is 0 Å². The third-order valence-electron chi connectivity index (χ3n) is 3.81. The van der Waals surface area contributed by atoms with E-state index in [1.54, 1.807) is 0 Å². The Labute approximate surface area is 98.8 Å². The lowest BCUT2D eigenvalue weighted by Gasteiger charge is -2.30. The highest BCUT2D eigenvalue weighted by Gasteiger charge is 2.25. The summed E-state index contributed by atoms with van der Waals surface area (Å²) in [6.07, 6.45) is 11.7. The fraction of sp³-hybridized carbons (Fsp3) is 1.00. The summed E-state index contributed by atoms with van der Waals surface area (Å²) in [7, 11) is 0. The third-order valence-corrected chi connectivity index (χ3v) is 5.48. The van der Waals surface area contributed by atoms with E-state index in [1.165, 1.54) is 51.4 Å². The molecule has 0 radical (unpaired) electrons. The van der Waals surface area contributed by atoms with E-state index in [-0.39, 0.29) is 0 Å². The highest BCUT2D eigenvalue weighted by molar-refractivity contribution is 8.00. The summed E-state index contributed by atoms with van der Waals surface area (Å²) in [5, 5.41) is 5.60. The predicted molar refractivity (Wildman–Crippen MR) is 69.6 cm³/mol. The van der Waals surface area contributed by atoms with Gasteiger partial charge >= 0.3 is 0 Å². The van der Waals surface area contributed by atoms with Crippen molar-refractivity contribution in [3.05, 3.63) is 0 Å². The zero-order chi connectivity index (χ0) is 10.5. The fourth-order valence-corrected chi connectivity index (χ4v) is 4.84. The second kappa shape index (κ2) is 6.15. The molecule has 0 spiro atoms. The molecule has 88 valence electrons. The average Bonchev–Trinajstić information content (AvgIpc) is 2.71. The van der Waals surface area contributed by atoms with Crippen molar-refractivity contribution < 1.29 is 0 Å². The molecule has 0 aromatic carbocycles. The molecule has 2 atom stereocenters. The molecule has 0 aromatic rings. The quantitative estimate of drug-likeness (QED) is 0.788. The summed E-state index contributed by atoms with van der Waals surface area (Å²) < 4.78 is 0. The first-order valence-electron chi connectivity index (χ1n) is 6.77. The highest BCUT2D eigenvalue weighted by Crippen LogP contribution is 2.37. The van der Waals surface area contributed by atoms with Crippen LogP contribution >= 0.6 is 11.8 Å². The molecule has 0 saturated heterocycles. The van der Waals surface area contributed by atoms with E-state index >= 15 is 0 Å². The van der Waals surface area contributed by atoms with Crippen molar-refractivity contribution in [1.29, 1.82) is 0 Å². The normalized spacial score (nSPS) is 33.4. The molecule has 1 nitrogen and oxygen atoms in total. The van der Waals surface area contributed by atoms with Crippen LogP contribution in [0, 0.1) is 0 Å². The van der Waals surface area contributed by atoms with Crippen LogP contribution in [-0.2, 0) is 0 Å². The van der Waals surface area contributed by atoms with Crippen LogP contribution in [0.5, 0.6) is 0 Å². The van der Waals surface area contributed by atoms with Gasteiger partial charge in [-0.05, 0) is 38.6 Å². The summed E-state index contributed by atoms with van der Waals surface area (Å²) >= 11 is 2.32. The molecule has 2 unspecified atom stereocenters. The SMILES string of the molecule is CCNC1CCCC(SC2CCCC2)C1. The van der Waals surface area contributed by atoms with Crippen molar-refractivity contribution in [2.75, 3.05) is 6.54 Å². The predicted octanol–water partition coefficient (Wildman–Crippen LogP) is 3.58. The van der Waals surface area contributed by atoms with Gasteiger partial charge in [-0.15, -0.1) is 0 Å². The summed E-state index contributed by atoms with van der Waals surface area (Å²) in [5.41, 5.74) is 0. The Bertz CT molecular complexity index is 175. The Hall–Kier alpha value is 0.310. The number of thioether (sulfide) groups is 1. The van der Waals surface area contributed by atoms with Gasteiger partial charge in [0.15, 0.2) is 0 Å². The average molecular weight is 227 g/mol. The van der Waals surface area contributed by atoms with Crippen LogP contribution in [0.15, 0.2) is 0 Å². The first kappa shape index (κ1) is 11.8.